The summed E-state index contributed by atoms with van der Waals surface area (Å²) >= 11 is 0. The van der Waals surface area contributed by atoms with E-state index >= 15 is 0 Å². The molecule has 0 saturated carbocycles. The average Bonchev–Trinajstić information content (AvgIpc) is 4.29. The Morgan fingerprint density at radius 3 is 0.987 bits per heavy atom. The van der Waals surface area contributed by atoms with Gasteiger partial charge in [-0.05, 0) is 133 Å². The largest absolute Gasteiger partial charge is 0.493 e. The van der Waals surface area contributed by atoms with Crippen LogP contribution in [0.3, 0.4) is 0 Å². The molecular weight excluding hydrogens is 969 g/mol. The number of ether oxygens (including phenoxy) is 4. The topological polar surface area (TPSA) is 110 Å². The van der Waals surface area contributed by atoms with Crippen molar-refractivity contribution in [3.63, 3.8) is 0 Å². The zero-order valence-corrected chi connectivity index (χ0v) is 48.0. The minimum atomic E-state index is 0.497. The summed E-state index contributed by atoms with van der Waals surface area (Å²) in [6.45, 7) is 20.1. The first-order valence-corrected chi connectivity index (χ1v) is 27.9. The summed E-state index contributed by atoms with van der Waals surface area (Å²) in [5.74, 6) is 4.99. The van der Waals surface area contributed by atoms with Crippen LogP contribution in [0.25, 0.3) is 80.0 Å². The van der Waals surface area contributed by atoms with Crippen LogP contribution in [0.5, 0.6) is 23.0 Å². The molecule has 8 bridgehead atoms. The van der Waals surface area contributed by atoms with Gasteiger partial charge in [-0.25, -0.2) is 19.1 Å². The quantitative estimate of drug-likeness (QED) is 0.0736. The van der Waals surface area contributed by atoms with Gasteiger partial charge in [-0.3, -0.25) is 0 Å². The third-order valence-electron chi connectivity index (χ3n) is 14.1. The lowest BCUT2D eigenvalue weighted by Crippen LogP contribution is -2.21. The molecule has 0 saturated heterocycles. The van der Waals surface area contributed by atoms with Crippen LogP contribution < -0.4 is 38.8 Å². The second-order valence-corrected chi connectivity index (χ2v) is 22.7. The van der Waals surface area contributed by atoms with E-state index in [2.05, 4.69) is 234 Å². The maximum absolute atomic E-state index is 6.55. The Morgan fingerprint density at radius 2 is 0.692 bits per heavy atom. The molecule has 2 N–H and O–H groups in total. The van der Waals surface area contributed by atoms with Gasteiger partial charge in [0.15, 0.2) is 0 Å². The maximum atomic E-state index is 6.55. The Balaban J connectivity index is 1.39. The van der Waals surface area contributed by atoms with Gasteiger partial charge in [-0.2, -0.15) is 0 Å². The maximum Gasteiger partial charge on any atom is 0.202 e. The highest BCUT2D eigenvalue weighted by Gasteiger charge is 2.21. The van der Waals surface area contributed by atoms with E-state index in [0.29, 0.717) is 50.1 Å². The minimum Gasteiger partial charge on any atom is -0.493 e. The minimum absolute atomic E-state index is 0.497. The van der Waals surface area contributed by atoms with Crippen LogP contribution in [-0.4, -0.2) is 83.7 Å². The Morgan fingerprint density at radius 1 is 0.397 bits per heavy atom. The smallest absolute Gasteiger partial charge is 0.202 e. The molecule has 0 amide bonds. The van der Waals surface area contributed by atoms with Crippen LogP contribution in [0.2, 0.25) is 0 Å². The number of aromatic amines is 2. The van der Waals surface area contributed by atoms with Crippen molar-refractivity contribution in [2.75, 3.05) is 54.6 Å². The van der Waals surface area contributed by atoms with Gasteiger partial charge in [-0.15, -0.1) is 0 Å². The summed E-state index contributed by atoms with van der Waals surface area (Å²) < 4.78 is 34.7. The lowest BCUT2D eigenvalue weighted by Gasteiger charge is -2.15. The highest BCUT2D eigenvalue weighted by Crippen LogP contribution is 2.40. The van der Waals surface area contributed by atoms with E-state index < -0.39 is 0 Å². The summed E-state index contributed by atoms with van der Waals surface area (Å²) in [4.78, 5) is 19.1. The van der Waals surface area contributed by atoms with Crippen molar-refractivity contribution in [3.8, 4) is 56.6 Å². The lowest BCUT2D eigenvalue weighted by molar-refractivity contribution is 0.276. The molecule has 5 aromatic heterocycles. The summed E-state index contributed by atoms with van der Waals surface area (Å²) in [6.07, 6.45) is 20.6. The Bertz CT molecular complexity index is 3320. The second-order valence-electron chi connectivity index (χ2n) is 22.7. The summed E-state index contributed by atoms with van der Waals surface area (Å²) in [5, 5.41) is 2.17. The molecule has 78 heavy (non-hydrogen) atoms. The molecule has 2 aliphatic rings. The molecule has 0 fully saturated rings. The number of benzene rings is 2. The van der Waals surface area contributed by atoms with E-state index in [1.165, 1.54) is 0 Å². The summed E-state index contributed by atoms with van der Waals surface area (Å²) in [7, 11) is 8.23. The van der Waals surface area contributed by atoms with Crippen molar-refractivity contribution in [1.82, 2.24) is 38.2 Å². The zero-order chi connectivity index (χ0) is 55.0. The fraction of sp³-hybridized carbons (Fsp3) is 0.364. The van der Waals surface area contributed by atoms with Gasteiger partial charge in [0.1, 0.15) is 51.2 Å². The predicted octanol–water partition coefficient (Wildman–Crippen LogP) is 13.3. The molecule has 2 aliphatic heterocycles. The zero-order valence-electron chi connectivity index (χ0n) is 48.0. The molecular formula is C66H80N8O4+2. The number of fused-ring (bicyclic) bond motifs is 8. The number of aromatic nitrogens is 6. The average molecular weight is 1050 g/mol. The molecule has 12 nitrogen and oxygen atoms in total. The third kappa shape index (κ3) is 13.3. The summed E-state index contributed by atoms with van der Waals surface area (Å²) in [6, 6.07) is 29.7. The fourth-order valence-electron chi connectivity index (χ4n) is 9.47. The van der Waals surface area contributed by atoms with Crippen LogP contribution in [-0.2, 0) is 0 Å². The van der Waals surface area contributed by atoms with Crippen molar-refractivity contribution in [2.24, 2.45) is 23.7 Å². The standard InChI is InChI=1S/C66H80N8O4/c1-43(2)25-33-75-51-37-47(38-52(41-51)76-34-26-44(3)4)63-55-13-17-59(67-55)65(73-29-21-49(22-30-73)71(9)10)61-19-15-57(69-61)64(48-39-53(77-35-27-45(5)6)42-54(40-48)78-36-28-46(7)8)58-16-20-62(70-58)66(60-18-14-56(63)68-60)74-31-23-50(24-32-74)72(11)12/h13-24,29-32,37-46,67,70H,25-28,33-36H2,1-12H3/q+2. The van der Waals surface area contributed by atoms with Gasteiger partial charge in [0.2, 0.25) is 10.7 Å². The van der Waals surface area contributed by atoms with Crippen molar-refractivity contribution in [1.29, 1.82) is 0 Å². The monoisotopic (exact) mass is 1050 g/mol. The number of nitrogens with zero attached hydrogens (tertiary/aromatic N) is 6. The van der Waals surface area contributed by atoms with Crippen LogP contribution in [0.4, 0.5) is 0 Å². The van der Waals surface area contributed by atoms with E-state index in [9.17, 15) is 0 Å². The predicted molar refractivity (Wildman–Crippen MR) is 322 cm³/mol. The molecule has 0 spiro atoms. The van der Waals surface area contributed by atoms with Crippen molar-refractivity contribution in [3.05, 3.63) is 143 Å². The van der Waals surface area contributed by atoms with E-state index in [1.807, 2.05) is 12.1 Å². The molecule has 0 atom stereocenters. The van der Waals surface area contributed by atoms with Gasteiger partial charge in [0.05, 0.1) is 71.6 Å². The van der Waals surface area contributed by atoms with E-state index in [0.717, 1.165) is 138 Å². The van der Waals surface area contributed by atoms with Crippen LogP contribution >= 0.6 is 0 Å². The van der Waals surface area contributed by atoms with Gasteiger partial charge >= 0.3 is 0 Å². The Kier molecular flexibility index (Phi) is 17.3. The lowest BCUT2D eigenvalue weighted by atomic mass is 10.0. The molecule has 7 heterocycles. The number of H-pyrrole nitrogens is 2. The first-order chi connectivity index (χ1) is 37.6. The first kappa shape index (κ1) is 54.9. The number of rotatable bonds is 20. The highest BCUT2D eigenvalue weighted by atomic mass is 16.5. The molecule has 2 aromatic carbocycles. The van der Waals surface area contributed by atoms with Crippen molar-refractivity contribution < 1.29 is 18.9 Å². The second kappa shape index (κ2) is 24.6. The van der Waals surface area contributed by atoms with Gasteiger partial charge in [-0.1, -0.05) is 55.4 Å². The highest BCUT2D eigenvalue weighted by molar-refractivity contribution is 5.96. The molecule has 406 valence electrons. The van der Waals surface area contributed by atoms with Gasteiger partial charge in [0.25, 0.3) is 0 Å². The SMILES string of the molecule is CC(C)CCOc1cc(OCCC(C)C)cc(-c2c3nc(c(-n4ccc(=[N+](C)C)cc4)c4ccc([nH]4)c(-c4cc(OCCC(C)C)cc(OCCC(C)C)c4)c4nc(c(-n5ccc(=[N+](C)C)cc5)c5ccc2[nH]5)C=C4)C=C3)c1. The van der Waals surface area contributed by atoms with E-state index in [-0.39, 0.29) is 0 Å². The molecule has 0 unspecified atom stereocenters. The van der Waals surface area contributed by atoms with Crippen LogP contribution in [0.1, 0.15) is 104 Å². The number of pyridine rings is 2. The summed E-state index contributed by atoms with van der Waals surface area (Å²) in [5.41, 5.74) is 12.1. The molecule has 0 radical (unpaired) electrons. The van der Waals surface area contributed by atoms with Gasteiger partial charge in [0, 0.05) is 83.3 Å². The Labute approximate surface area is 460 Å². The third-order valence-corrected chi connectivity index (χ3v) is 14.1. The number of nitrogens with one attached hydrogen (secondary N) is 2. The van der Waals surface area contributed by atoms with E-state index in [4.69, 9.17) is 28.9 Å². The normalized spacial score (nSPS) is 12.1. The Hall–Kier alpha value is -7.86. The molecule has 9 rings (SSSR count). The van der Waals surface area contributed by atoms with Crippen LogP contribution in [0.15, 0.2) is 110 Å². The molecule has 0 aliphatic carbocycles. The fourth-order valence-corrected chi connectivity index (χ4v) is 9.47. The molecule has 7 aromatic rings. The molecule has 12 heteroatoms. The van der Waals surface area contributed by atoms with Crippen LogP contribution in [0, 0.1) is 23.7 Å². The number of hydrogen-bond donors (Lipinski definition) is 2. The van der Waals surface area contributed by atoms with E-state index in [1.54, 1.807) is 0 Å². The van der Waals surface area contributed by atoms with Gasteiger partial charge < -0.3 is 38.0 Å². The first-order valence-electron chi connectivity index (χ1n) is 27.9. The number of hydrogen-bond acceptors (Lipinski definition) is 6. The van der Waals surface area contributed by atoms with Crippen molar-refractivity contribution >= 4 is 46.4 Å². The van der Waals surface area contributed by atoms with Crippen molar-refractivity contribution in [2.45, 2.75) is 81.1 Å².